The van der Waals surface area contributed by atoms with E-state index in [9.17, 15) is 8.53 Å². The van der Waals surface area contributed by atoms with Gasteiger partial charge in [0.25, 0.3) is 0 Å². The summed E-state index contributed by atoms with van der Waals surface area (Å²) in [4.78, 5) is 10.7. The monoisotopic (exact) mass is 276 g/mol. The fourth-order valence-electron chi connectivity index (χ4n) is 0.866. The van der Waals surface area contributed by atoms with E-state index in [2.05, 4.69) is 9.47 Å². The second-order valence-corrected chi connectivity index (χ2v) is 5.96. The van der Waals surface area contributed by atoms with Crippen LogP contribution in [0.15, 0.2) is 24.3 Å². The number of carbonyl (C=O) groups is 1. The number of benzene rings is 1. The zero-order valence-corrected chi connectivity index (χ0v) is 9.66. The van der Waals surface area contributed by atoms with Gasteiger partial charge < -0.3 is 0 Å². The summed E-state index contributed by atoms with van der Waals surface area (Å²) >= 11 is -4.94. The Kier molecular flexibility index (Phi) is 3.57. The summed E-state index contributed by atoms with van der Waals surface area (Å²) in [6.07, 6.45) is -0.940. The fraction of sp³-hybridized carbons (Fsp3) is 0.125. The van der Waals surface area contributed by atoms with Gasteiger partial charge in [-0.1, -0.05) is 0 Å². The quantitative estimate of drug-likeness (QED) is 0.425. The van der Waals surface area contributed by atoms with Crippen LogP contribution in [0, 0.1) is 0 Å². The van der Waals surface area contributed by atoms with Crippen molar-refractivity contribution in [3.05, 3.63) is 24.3 Å². The van der Waals surface area contributed by atoms with E-state index in [1.165, 1.54) is 18.2 Å². The van der Waals surface area contributed by atoms with Gasteiger partial charge >= 0.3 is 88.0 Å². The van der Waals surface area contributed by atoms with Gasteiger partial charge in [0.05, 0.1) is 0 Å². The third-order valence-electron chi connectivity index (χ3n) is 1.52. The van der Waals surface area contributed by atoms with Crippen LogP contribution in [0.3, 0.4) is 0 Å². The van der Waals surface area contributed by atoms with Crippen LogP contribution < -0.4 is 9.09 Å². The van der Waals surface area contributed by atoms with Crippen LogP contribution in [-0.4, -0.2) is 35.6 Å². The van der Waals surface area contributed by atoms with E-state index >= 15 is 0 Å². The van der Waals surface area contributed by atoms with Gasteiger partial charge in [-0.2, -0.15) is 0 Å². The first-order valence-corrected chi connectivity index (χ1v) is 7.24. The molecule has 0 fully saturated rings. The zero-order chi connectivity index (χ0) is 11.5. The molecule has 0 saturated carbocycles. The Bertz CT molecular complexity index is 409. The van der Waals surface area contributed by atoms with Crippen molar-refractivity contribution in [2.24, 2.45) is 0 Å². The van der Waals surface area contributed by atoms with Crippen molar-refractivity contribution in [1.29, 1.82) is 0 Å². The summed E-state index contributed by atoms with van der Waals surface area (Å²) in [5.74, 6) is 0.0316. The summed E-state index contributed by atoms with van der Waals surface area (Å²) < 4.78 is 37.4. The molecule has 6 nitrogen and oxygen atoms in total. The molecule has 0 aliphatic heterocycles. The molecule has 0 atom stereocenters. The van der Waals surface area contributed by atoms with Crippen LogP contribution >= 0.6 is 0 Å². The van der Waals surface area contributed by atoms with Gasteiger partial charge in [-0.25, -0.2) is 0 Å². The van der Waals surface area contributed by atoms with Crippen molar-refractivity contribution in [3.63, 3.8) is 0 Å². The molecule has 0 amide bonds. The molecule has 0 saturated heterocycles. The van der Waals surface area contributed by atoms with Gasteiger partial charge in [-0.3, -0.25) is 0 Å². The van der Waals surface area contributed by atoms with Gasteiger partial charge in [0, 0.05) is 0 Å². The molecule has 82 valence electrons. The Balaban J connectivity index is 2.93. The summed E-state index contributed by atoms with van der Waals surface area (Å²) in [6, 6.07) is 5.15. The molecule has 0 spiro atoms. The van der Waals surface area contributed by atoms with Gasteiger partial charge in [0.15, 0.2) is 0 Å². The molecule has 7 heteroatoms. The average molecular weight is 276 g/mol. The summed E-state index contributed by atoms with van der Waals surface area (Å²) in [5, 5.41) is 0. The van der Waals surface area contributed by atoms with Crippen molar-refractivity contribution in [3.8, 4) is 5.75 Å². The molecule has 0 bridgehead atoms. The zero-order valence-electron chi connectivity index (χ0n) is 7.78. The Hall–Kier alpha value is -1.23. The molecule has 0 radical (unpaired) electrons. The second kappa shape index (κ2) is 4.53. The first kappa shape index (κ1) is 11.8. The fourth-order valence-corrected chi connectivity index (χ4v) is 2.07. The molecule has 0 unspecified atom stereocenters. The van der Waals surface area contributed by atoms with E-state index < -0.39 is 20.3 Å². The summed E-state index contributed by atoms with van der Waals surface area (Å²) in [7, 11) is 1.14. The van der Waals surface area contributed by atoms with Gasteiger partial charge in [-0.05, 0) is 0 Å². The maximum atomic E-state index is 10.9. The molecule has 0 aromatic heterocycles. The van der Waals surface area contributed by atoms with Gasteiger partial charge in [0.2, 0.25) is 0 Å². The minimum atomic E-state index is -4.94. The van der Waals surface area contributed by atoms with Crippen LogP contribution in [0.2, 0.25) is 0 Å². The van der Waals surface area contributed by atoms with E-state index in [4.69, 9.17) is 8.19 Å². The minimum absolute atomic E-state index is 0.0316. The topological polar surface area (TPSA) is 93.1 Å². The third kappa shape index (κ3) is 3.43. The molecule has 1 aromatic rings. The molecule has 1 aromatic carbocycles. The van der Waals surface area contributed by atoms with Crippen molar-refractivity contribution >= 4 is 24.7 Å². The molecule has 0 aliphatic rings. The van der Waals surface area contributed by atoms with E-state index in [1.807, 2.05) is 0 Å². The SMILES string of the molecule is COC(=O)Oc1cccc([As](=O)(O)O)c1. The molecular formula is C8H9AsO6. The first-order chi connectivity index (χ1) is 6.93. The summed E-state index contributed by atoms with van der Waals surface area (Å²) in [6.45, 7) is 0. The Morgan fingerprint density at radius 2 is 2.07 bits per heavy atom. The van der Waals surface area contributed by atoms with Crippen LogP contribution in [0.4, 0.5) is 4.79 Å². The molecule has 15 heavy (non-hydrogen) atoms. The van der Waals surface area contributed by atoms with Crippen LogP contribution in [0.5, 0.6) is 5.75 Å². The Labute approximate surface area is 88.4 Å². The normalized spacial score (nSPS) is 10.9. The molecule has 0 heterocycles. The molecular weight excluding hydrogens is 267 g/mol. The number of carbonyl (C=O) groups excluding carboxylic acids is 1. The van der Waals surface area contributed by atoms with Crippen molar-refractivity contribution in [2.75, 3.05) is 7.11 Å². The third-order valence-corrected chi connectivity index (χ3v) is 3.52. The van der Waals surface area contributed by atoms with Crippen LogP contribution in [0.25, 0.3) is 0 Å². The molecule has 0 aliphatic carbocycles. The molecule has 2 N–H and O–H groups in total. The predicted molar refractivity (Wildman–Crippen MR) is 50.0 cm³/mol. The van der Waals surface area contributed by atoms with Crippen molar-refractivity contribution < 1.29 is 26.2 Å². The van der Waals surface area contributed by atoms with Gasteiger partial charge in [-0.15, -0.1) is 0 Å². The predicted octanol–water partition coefficient (Wildman–Crippen LogP) is -0.607. The molecule has 1 rings (SSSR count). The Morgan fingerprint density at radius 1 is 1.40 bits per heavy atom. The van der Waals surface area contributed by atoms with E-state index in [0.717, 1.165) is 13.2 Å². The van der Waals surface area contributed by atoms with Crippen molar-refractivity contribution in [1.82, 2.24) is 0 Å². The second-order valence-electron chi connectivity index (χ2n) is 2.60. The maximum absolute atomic E-state index is 10.9. The number of rotatable bonds is 2. The number of methoxy groups -OCH3 is 1. The van der Waals surface area contributed by atoms with Crippen molar-refractivity contribution in [2.45, 2.75) is 0 Å². The van der Waals surface area contributed by atoms with E-state index in [0.29, 0.717) is 0 Å². The van der Waals surface area contributed by atoms with E-state index in [1.54, 1.807) is 0 Å². The van der Waals surface area contributed by atoms with E-state index in [-0.39, 0.29) is 10.1 Å². The van der Waals surface area contributed by atoms with Gasteiger partial charge in [0.1, 0.15) is 0 Å². The number of hydrogen-bond donors (Lipinski definition) is 2. The van der Waals surface area contributed by atoms with Crippen LogP contribution in [0.1, 0.15) is 0 Å². The first-order valence-electron chi connectivity index (χ1n) is 3.85. The summed E-state index contributed by atoms with van der Waals surface area (Å²) in [5.41, 5.74) is 0. The average Bonchev–Trinajstić information content (AvgIpc) is 2.17. The number of ether oxygens (including phenoxy) is 2. The van der Waals surface area contributed by atoms with Crippen LogP contribution in [-0.2, 0) is 8.48 Å². The standard InChI is InChI=1S/C8H9AsO6/c1-14-8(10)15-7-4-2-3-6(5-7)9(11,12)13/h2-5H,1H3,(H2,11,12,13). The Morgan fingerprint density at radius 3 is 2.60 bits per heavy atom. The number of hydrogen-bond acceptors (Lipinski definition) is 4.